The van der Waals surface area contributed by atoms with Crippen LogP contribution in [0.15, 0.2) is 65.5 Å². The molecule has 5 nitrogen and oxygen atoms in total. The molecule has 24 heavy (non-hydrogen) atoms. The Morgan fingerprint density at radius 2 is 1.88 bits per heavy atom. The van der Waals surface area contributed by atoms with Crippen LogP contribution in [0.2, 0.25) is 5.02 Å². The normalized spacial score (nSPS) is 10.9. The maximum Gasteiger partial charge on any atom is 0.233 e. The summed E-state index contributed by atoms with van der Waals surface area (Å²) in [6.45, 7) is 0. The molecule has 2 aromatic carbocycles. The van der Waals surface area contributed by atoms with Crippen molar-refractivity contribution in [2.75, 3.05) is 0 Å². The largest absolute Gasteiger partial charge is 0.438 e. The van der Waals surface area contributed by atoms with E-state index < -0.39 is 0 Å². The Morgan fingerprint density at radius 1 is 1.04 bits per heavy atom. The predicted octanol–water partition coefficient (Wildman–Crippen LogP) is 5.02. The van der Waals surface area contributed by atoms with Crippen LogP contribution in [0, 0.1) is 0 Å². The van der Waals surface area contributed by atoms with Gasteiger partial charge < -0.3 is 4.74 Å². The van der Waals surface area contributed by atoms with Crippen LogP contribution in [-0.4, -0.2) is 19.7 Å². The summed E-state index contributed by atoms with van der Waals surface area (Å²) in [6, 6.07) is 14.9. The highest BCUT2D eigenvalue weighted by Gasteiger charge is 2.13. The van der Waals surface area contributed by atoms with E-state index in [1.54, 1.807) is 10.9 Å². The minimum atomic E-state index is 0.454. The summed E-state index contributed by atoms with van der Waals surface area (Å²) in [6.07, 6.45) is 3.14. The van der Waals surface area contributed by atoms with Gasteiger partial charge in [-0.05, 0) is 42.5 Å². The molecule has 0 bridgehead atoms. The van der Waals surface area contributed by atoms with Gasteiger partial charge in [0.05, 0.1) is 11.9 Å². The molecule has 7 heteroatoms. The molecular formula is C17H10BrClN4O. The fourth-order valence-corrected chi connectivity index (χ4v) is 2.76. The molecule has 0 radical (unpaired) electrons. The molecule has 0 amide bonds. The van der Waals surface area contributed by atoms with Gasteiger partial charge in [-0.2, -0.15) is 5.10 Å². The van der Waals surface area contributed by atoms with Gasteiger partial charge in [0, 0.05) is 9.50 Å². The Kier molecular flexibility index (Phi) is 3.92. The van der Waals surface area contributed by atoms with Crippen molar-refractivity contribution in [3.63, 3.8) is 0 Å². The van der Waals surface area contributed by atoms with Gasteiger partial charge in [-0.3, -0.25) is 0 Å². The molecule has 118 valence electrons. The standard InChI is InChI=1S/C17H10BrClN4O/c18-11-4-6-14(7-5-11)24-17-15-9-22-23(16(15)20-10-21-17)13-3-1-2-12(19)8-13/h1-10H. The molecule has 0 atom stereocenters. The molecule has 4 rings (SSSR count). The quantitative estimate of drug-likeness (QED) is 0.483. The van der Waals surface area contributed by atoms with Gasteiger partial charge in [-0.1, -0.05) is 33.6 Å². The Bertz CT molecular complexity index is 1020. The van der Waals surface area contributed by atoms with E-state index in [9.17, 15) is 0 Å². The van der Waals surface area contributed by atoms with Gasteiger partial charge in [-0.25, -0.2) is 14.6 Å². The molecule has 0 aliphatic heterocycles. The van der Waals surface area contributed by atoms with Gasteiger partial charge in [0.2, 0.25) is 5.88 Å². The zero-order chi connectivity index (χ0) is 16.5. The highest BCUT2D eigenvalue weighted by atomic mass is 79.9. The molecule has 0 aliphatic carbocycles. The first kappa shape index (κ1) is 15.1. The van der Waals surface area contributed by atoms with Crippen LogP contribution in [0.1, 0.15) is 0 Å². The molecule has 0 unspecified atom stereocenters. The summed E-state index contributed by atoms with van der Waals surface area (Å²) in [5.41, 5.74) is 1.48. The van der Waals surface area contributed by atoms with Crippen LogP contribution < -0.4 is 4.74 Å². The van der Waals surface area contributed by atoms with Crippen molar-refractivity contribution in [2.24, 2.45) is 0 Å². The van der Waals surface area contributed by atoms with Crippen LogP contribution >= 0.6 is 27.5 Å². The predicted molar refractivity (Wildman–Crippen MR) is 95.9 cm³/mol. The van der Waals surface area contributed by atoms with Crippen LogP contribution in [-0.2, 0) is 0 Å². The first-order valence-electron chi connectivity index (χ1n) is 7.09. The molecule has 2 aromatic heterocycles. The van der Waals surface area contributed by atoms with Gasteiger partial charge >= 0.3 is 0 Å². The highest BCUT2D eigenvalue weighted by molar-refractivity contribution is 9.10. The highest BCUT2D eigenvalue weighted by Crippen LogP contribution is 2.28. The van der Waals surface area contributed by atoms with Crippen molar-refractivity contribution in [1.82, 2.24) is 19.7 Å². The Balaban J connectivity index is 1.77. The lowest BCUT2D eigenvalue weighted by atomic mass is 10.3. The van der Waals surface area contributed by atoms with E-state index in [2.05, 4.69) is 31.0 Å². The maximum atomic E-state index is 6.06. The van der Waals surface area contributed by atoms with Gasteiger partial charge in [0.25, 0.3) is 0 Å². The van der Waals surface area contributed by atoms with Gasteiger partial charge in [0.1, 0.15) is 17.5 Å². The Hall–Kier alpha value is -2.44. The van der Waals surface area contributed by atoms with Crippen molar-refractivity contribution in [3.8, 4) is 17.3 Å². The van der Waals surface area contributed by atoms with Crippen molar-refractivity contribution in [1.29, 1.82) is 0 Å². The summed E-state index contributed by atoms with van der Waals surface area (Å²) < 4.78 is 8.56. The minimum absolute atomic E-state index is 0.454. The van der Waals surface area contributed by atoms with Crippen LogP contribution in [0.3, 0.4) is 0 Å². The van der Waals surface area contributed by atoms with Crippen LogP contribution in [0.25, 0.3) is 16.7 Å². The SMILES string of the molecule is Clc1cccc(-n2ncc3c(Oc4ccc(Br)cc4)ncnc32)c1. The third kappa shape index (κ3) is 2.86. The van der Waals surface area contributed by atoms with Crippen LogP contribution in [0.5, 0.6) is 11.6 Å². The van der Waals surface area contributed by atoms with E-state index >= 15 is 0 Å². The topological polar surface area (TPSA) is 52.8 Å². The molecule has 0 saturated carbocycles. The number of benzene rings is 2. The number of hydrogen-bond acceptors (Lipinski definition) is 4. The number of halogens is 2. The van der Waals surface area contributed by atoms with E-state index in [-0.39, 0.29) is 0 Å². The summed E-state index contributed by atoms with van der Waals surface area (Å²) in [7, 11) is 0. The van der Waals surface area contributed by atoms with E-state index in [0.29, 0.717) is 22.3 Å². The first-order chi connectivity index (χ1) is 11.7. The molecule has 4 aromatic rings. The maximum absolute atomic E-state index is 6.06. The fraction of sp³-hybridized carbons (Fsp3) is 0. The summed E-state index contributed by atoms with van der Waals surface area (Å²) >= 11 is 9.46. The second-order valence-corrected chi connectivity index (χ2v) is 6.36. The monoisotopic (exact) mass is 400 g/mol. The van der Waals surface area contributed by atoms with Crippen molar-refractivity contribution in [3.05, 3.63) is 70.6 Å². The van der Waals surface area contributed by atoms with Gasteiger partial charge in [0.15, 0.2) is 5.65 Å². The number of fused-ring (bicyclic) bond motifs is 1. The lowest BCUT2D eigenvalue weighted by Gasteiger charge is -2.06. The van der Waals surface area contributed by atoms with Crippen molar-refractivity contribution < 1.29 is 4.74 Å². The third-order valence-corrected chi connectivity index (χ3v) is 4.17. The molecule has 0 N–H and O–H groups in total. The second-order valence-electron chi connectivity index (χ2n) is 5.01. The minimum Gasteiger partial charge on any atom is -0.438 e. The summed E-state index contributed by atoms with van der Waals surface area (Å²) in [5.74, 6) is 1.14. The fourth-order valence-electron chi connectivity index (χ4n) is 2.32. The number of hydrogen-bond donors (Lipinski definition) is 0. The zero-order valence-corrected chi connectivity index (χ0v) is 14.6. The van der Waals surface area contributed by atoms with Crippen molar-refractivity contribution >= 4 is 38.6 Å². The Labute approximate surface area is 151 Å². The number of aromatic nitrogens is 4. The molecule has 2 heterocycles. The molecule has 0 saturated heterocycles. The molecule has 0 spiro atoms. The summed E-state index contributed by atoms with van der Waals surface area (Å²) in [4.78, 5) is 8.55. The van der Waals surface area contributed by atoms with E-state index in [4.69, 9.17) is 16.3 Å². The Morgan fingerprint density at radius 3 is 2.67 bits per heavy atom. The average molecular weight is 402 g/mol. The third-order valence-electron chi connectivity index (χ3n) is 3.41. The summed E-state index contributed by atoms with van der Waals surface area (Å²) in [5, 5.41) is 5.75. The van der Waals surface area contributed by atoms with E-state index in [1.165, 1.54) is 6.33 Å². The smallest absolute Gasteiger partial charge is 0.233 e. The van der Waals surface area contributed by atoms with Crippen molar-refractivity contribution in [2.45, 2.75) is 0 Å². The van der Waals surface area contributed by atoms with E-state index in [0.717, 1.165) is 15.5 Å². The second kappa shape index (κ2) is 6.22. The average Bonchev–Trinajstić information content (AvgIpc) is 3.02. The number of rotatable bonds is 3. The zero-order valence-electron chi connectivity index (χ0n) is 12.2. The lowest BCUT2D eigenvalue weighted by molar-refractivity contribution is 0.468. The number of ether oxygens (including phenoxy) is 1. The molecule has 0 aliphatic rings. The lowest BCUT2D eigenvalue weighted by Crippen LogP contribution is -1.98. The number of nitrogens with zero attached hydrogens (tertiary/aromatic N) is 4. The first-order valence-corrected chi connectivity index (χ1v) is 8.26. The van der Waals surface area contributed by atoms with Gasteiger partial charge in [-0.15, -0.1) is 0 Å². The molecule has 0 fully saturated rings. The van der Waals surface area contributed by atoms with E-state index in [1.807, 2.05) is 48.5 Å². The molecular weight excluding hydrogens is 392 g/mol. The van der Waals surface area contributed by atoms with Crippen LogP contribution in [0.4, 0.5) is 0 Å².